The van der Waals surface area contributed by atoms with E-state index >= 15 is 0 Å². The number of hydrogen-bond donors (Lipinski definition) is 0. The van der Waals surface area contributed by atoms with E-state index < -0.39 is 0 Å². The van der Waals surface area contributed by atoms with Crippen molar-refractivity contribution in [2.24, 2.45) is 5.92 Å². The van der Waals surface area contributed by atoms with E-state index in [0.29, 0.717) is 0 Å². The number of benzene rings is 3. The first kappa shape index (κ1) is 24.6. The molecule has 3 aromatic rings. The maximum Gasteiger partial charge on any atom is 0.254 e. The van der Waals surface area contributed by atoms with E-state index in [4.69, 9.17) is 4.74 Å². The maximum atomic E-state index is 13.4. The van der Waals surface area contributed by atoms with E-state index in [2.05, 4.69) is 53.1 Å². The minimum absolute atomic E-state index is 0.136. The van der Waals surface area contributed by atoms with Gasteiger partial charge in [-0.15, -0.1) is 0 Å². The second-order valence-corrected chi connectivity index (χ2v) is 10.4. The third-order valence-electron chi connectivity index (χ3n) is 7.63. The van der Waals surface area contributed by atoms with E-state index in [1.54, 1.807) is 0 Å². The van der Waals surface area contributed by atoms with E-state index in [9.17, 15) is 4.79 Å². The standard InChI is InChI=1S/C31H39N3O2/c1-25-8-5-17-32(24-25)18-7-23-36-28-15-13-27(14-16-28)33-19-6-20-34(22-21-33)31(35)30-12-4-10-26-9-2-3-11-29(26)30/h2-4,9-16,25H,5-8,17-24H2,1H3. The molecule has 190 valence electrons. The molecule has 1 amide bonds. The molecule has 5 rings (SSSR count). The summed E-state index contributed by atoms with van der Waals surface area (Å²) in [7, 11) is 0. The quantitative estimate of drug-likeness (QED) is 0.403. The molecule has 1 unspecified atom stereocenters. The van der Waals surface area contributed by atoms with Gasteiger partial charge in [0.1, 0.15) is 5.75 Å². The van der Waals surface area contributed by atoms with Gasteiger partial charge in [-0.3, -0.25) is 4.79 Å². The molecule has 36 heavy (non-hydrogen) atoms. The summed E-state index contributed by atoms with van der Waals surface area (Å²) in [5.74, 6) is 1.90. The lowest BCUT2D eigenvalue weighted by atomic mass is 10.0. The second-order valence-electron chi connectivity index (χ2n) is 10.4. The predicted octanol–water partition coefficient (Wildman–Crippen LogP) is 5.69. The zero-order valence-corrected chi connectivity index (χ0v) is 21.6. The van der Waals surface area contributed by atoms with Crippen LogP contribution in [0.3, 0.4) is 0 Å². The summed E-state index contributed by atoms with van der Waals surface area (Å²) < 4.78 is 6.03. The van der Waals surface area contributed by atoms with Crippen molar-refractivity contribution in [1.29, 1.82) is 0 Å². The number of carbonyl (C=O) groups excluding carboxylic acids is 1. The molecular formula is C31H39N3O2. The number of carbonyl (C=O) groups is 1. The van der Waals surface area contributed by atoms with Gasteiger partial charge in [0, 0.05) is 50.5 Å². The Hall–Kier alpha value is -3.05. The van der Waals surface area contributed by atoms with Crippen LogP contribution in [0, 0.1) is 5.92 Å². The molecule has 3 aromatic carbocycles. The summed E-state index contributed by atoms with van der Waals surface area (Å²) in [5, 5.41) is 2.15. The summed E-state index contributed by atoms with van der Waals surface area (Å²) >= 11 is 0. The fourth-order valence-corrected chi connectivity index (χ4v) is 5.68. The van der Waals surface area contributed by atoms with Crippen LogP contribution in [0.1, 0.15) is 43.0 Å². The van der Waals surface area contributed by atoms with Crippen LogP contribution in [0.2, 0.25) is 0 Å². The van der Waals surface area contributed by atoms with Crippen molar-refractivity contribution in [3.05, 3.63) is 72.3 Å². The fourth-order valence-electron chi connectivity index (χ4n) is 5.68. The highest BCUT2D eigenvalue weighted by Crippen LogP contribution is 2.24. The maximum absolute atomic E-state index is 13.4. The Kier molecular flexibility index (Phi) is 8.07. The average molecular weight is 486 g/mol. The topological polar surface area (TPSA) is 36.0 Å². The SMILES string of the molecule is CC1CCCN(CCCOc2ccc(N3CCCN(C(=O)c4cccc5ccccc45)CC3)cc2)C1. The van der Waals surface area contributed by atoms with E-state index in [0.717, 1.165) is 80.2 Å². The van der Waals surface area contributed by atoms with Crippen molar-refractivity contribution in [3.63, 3.8) is 0 Å². The normalized spacial score (nSPS) is 19.3. The molecule has 5 heteroatoms. The number of likely N-dealkylation sites (tertiary alicyclic amines) is 1. The molecule has 2 aliphatic heterocycles. The number of ether oxygens (including phenoxy) is 1. The van der Waals surface area contributed by atoms with Crippen LogP contribution in [-0.2, 0) is 0 Å². The molecule has 2 heterocycles. The van der Waals surface area contributed by atoms with Gasteiger partial charge in [-0.2, -0.15) is 0 Å². The highest BCUT2D eigenvalue weighted by Gasteiger charge is 2.22. The molecule has 0 aliphatic carbocycles. The summed E-state index contributed by atoms with van der Waals surface area (Å²) in [6.07, 6.45) is 4.73. The largest absolute Gasteiger partial charge is 0.494 e. The third-order valence-corrected chi connectivity index (χ3v) is 7.63. The molecule has 2 aliphatic rings. The minimum atomic E-state index is 0.136. The van der Waals surface area contributed by atoms with Gasteiger partial charge in [0.15, 0.2) is 0 Å². The van der Waals surface area contributed by atoms with E-state index in [1.165, 1.54) is 31.6 Å². The smallest absolute Gasteiger partial charge is 0.254 e. The molecule has 1 atom stereocenters. The zero-order chi connectivity index (χ0) is 24.7. The first-order valence-corrected chi connectivity index (χ1v) is 13.6. The number of rotatable bonds is 7. The molecule has 0 radical (unpaired) electrons. The predicted molar refractivity (Wildman–Crippen MR) is 148 cm³/mol. The Labute approximate surface area is 215 Å². The van der Waals surface area contributed by atoms with E-state index in [-0.39, 0.29) is 5.91 Å². The lowest BCUT2D eigenvalue weighted by Crippen LogP contribution is -2.35. The Bertz CT molecular complexity index is 1140. The molecule has 2 fully saturated rings. The summed E-state index contributed by atoms with van der Waals surface area (Å²) in [5.41, 5.74) is 2.00. The van der Waals surface area contributed by atoms with Crippen molar-refractivity contribution in [2.75, 3.05) is 57.3 Å². The van der Waals surface area contributed by atoms with Crippen LogP contribution in [0.4, 0.5) is 5.69 Å². The number of anilines is 1. The van der Waals surface area contributed by atoms with Crippen LogP contribution in [0.5, 0.6) is 5.75 Å². The Morgan fingerprint density at radius 2 is 1.72 bits per heavy atom. The number of piperidine rings is 1. The fraction of sp³-hybridized carbons (Fsp3) is 0.452. The van der Waals surface area contributed by atoms with Crippen molar-refractivity contribution in [3.8, 4) is 5.75 Å². The summed E-state index contributed by atoms with van der Waals surface area (Å²) in [6.45, 7) is 10.0. The first-order valence-electron chi connectivity index (χ1n) is 13.6. The average Bonchev–Trinajstić information content (AvgIpc) is 3.17. The van der Waals surface area contributed by atoms with Crippen LogP contribution in [0.25, 0.3) is 10.8 Å². The molecule has 0 bridgehead atoms. The number of nitrogens with zero attached hydrogens (tertiary/aromatic N) is 3. The molecule has 0 N–H and O–H groups in total. The Morgan fingerprint density at radius 1 is 0.889 bits per heavy atom. The molecule has 0 aromatic heterocycles. The first-order chi connectivity index (χ1) is 17.7. The van der Waals surface area contributed by atoms with Gasteiger partial charge < -0.3 is 19.4 Å². The van der Waals surface area contributed by atoms with Crippen molar-refractivity contribution in [2.45, 2.75) is 32.6 Å². The van der Waals surface area contributed by atoms with Crippen LogP contribution in [0.15, 0.2) is 66.7 Å². The Balaban J connectivity index is 1.12. The van der Waals surface area contributed by atoms with Crippen molar-refractivity contribution >= 4 is 22.4 Å². The van der Waals surface area contributed by atoms with E-state index in [1.807, 2.05) is 35.2 Å². The Morgan fingerprint density at radius 3 is 2.58 bits per heavy atom. The minimum Gasteiger partial charge on any atom is -0.494 e. The van der Waals surface area contributed by atoms with Crippen LogP contribution in [-0.4, -0.2) is 68.1 Å². The van der Waals surface area contributed by atoms with Crippen molar-refractivity contribution < 1.29 is 9.53 Å². The highest BCUT2D eigenvalue weighted by atomic mass is 16.5. The number of amides is 1. The van der Waals surface area contributed by atoms with Gasteiger partial charge in [0.25, 0.3) is 5.91 Å². The summed E-state index contributed by atoms with van der Waals surface area (Å²) in [6, 6.07) is 22.6. The van der Waals surface area contributed by atoms with Gasteiger partial charge in [0.05, 0.1) is 6.61 Å². The van der Waals surface area contributed by atoms with Gasteiger partial charge in [0.2, 0.25) is 0 Å². The van der Waals surface area contributed by atoms with Crippen molar-refractivity contribution in [1.82, 2.24) is 9.80 Å². The van der Waals surface area contributed by atoms with Gasteiger partial charge >= 0.3 is 0 Å². The molecular weight excluding hydrogens is 446 g/mol. The number of hydrogen-bond acceptors (Lipinski definition) is 4. The third kappa shape index (κ3) is 6.01. The zero-order valence-electron chi connectivity index (χ0n) is 21.6. The van der Waals surface area contributed by atoms with Gasteiger partial charge in [-0.05, 0) is 79.3 Å². The number of fused-ring (bicyclic) bond motifs is 1. The summed E-state index contributed by atoms with van der Waals surface area (Å²) in [4.78, 5) is 20.4. The van der Waals surface area contributed by atoms with Crippen LogP contribution < -0.4 is 9.64 Å². The molecule has 2 saturated heterocycles. The molecule has 0 spiro atoms. The lowest BCUT2D eigenvalue weighted by molar-refractivity contribution is 0.0769. The highest BCUT2D eigenvalue weighted by molar-refractivity contribution is 6.07. The van der Waals surface area contributed by atoms with Crippen LogP contribution >= 0.6 is 0 Å². The van der Waals surface area contributed by atoms with Gasteiger partial charge in [-0.25, -0.2) is 0 Å². The molecule has 0 saturated carbocycles. The monoisotopic (exact) mass is 485 g/mol. The molecule has 5 nitrogen and oxygen atoms in total. The second kappa shape index (κ2) is 11.8. The van der Waals surface area contributed by atoms with Gasteiger partial charge in [-0.1, -0.05) is 43.3 Å². The lowest BCUT2D eigenvalue weighted by Gasteiger charge is -2.30.